The Bertz CT molecular complexity index is 752. The van der Waals surface area contributed by atoms with Gasteiger partial charge in [-0.05, 0) is 93.1 Å². The van der Waals surface area contributed by atoms with Crippen LogP contribution in [-0.2, 0) is 4.79 Å². The second-order valence-corrected chi connectivity index (χ2v) is 10.9. The Morgan fingerprint density at radius 2 is 1.64 bits per heavy atom. The van der Waals surface area contributed by atoms with Crippen LogP contribution in [0.5, 0.6) is 5.75 Å². The summed E-state index contributed by atoms with van der Waals surface area (Å²) >= 11 is 0. The smallest absolute Gasteiger partial charge is 0.133 e. The lowest BCUT2D eigenvalue weighted by Crippen LogP contribution is -2.54. The highest BCUT2D eigenvalue weighted by Gasteiger charge is 2.60. The monoisotopic (exact) mass is 380 g/mol. The van der Waals surface area contributed by atoms with E-state index in [2.05, 4.69) is 45.0 Å². The molecule has 0 amide bonds. The van der Waals surface area contributed by atoms with Gasteiger partial charge >= 0.3 is 0 Å². The minimum absolute atomic E-state index is 0.319. The highest BCUT2D eigenvalue weighted by molar-refractivity contribution is 5.79. The van der Waals surface area contributed by atoms with Crippen molar-refractivity contribution in [1.82, 2.24) is 0 Å². The molecule has 0 N–H and O–H groups in total. The fraction of sp³-hybridized carbons (Fsp3) is 0.731. The van der Waals surface area contributed by atoms with Crippen LogP contribution in [-0.4, -0.2) is 11.9 Å². The number of aryl methyl sites for hydroxylation is 1. The molecule has 1 aromatic carbocycles. The van der Waals surface area contributed by atoms with Gasteiger partial charge in [-0.15, -0.1) is 0 Å². The number of ketones is 1. The number of carbonyl (C=O) groups excluding carboxylic acids is 1. The molecule has 4 saturated carbocycles. The Morgan fingerprint density at radius 1 is 0.893 bits per heavy atom. The van der Waals surface area contributed by atoms with Crippen molar-refractivity contribution in [1.29, 1.82) is 0 Å². The zero-order valence-corrected chi connectivity index (χ0v) is 17.9. The lowest BCUT2D eigenvalue weighted by molar-refractivity contribution is -0.141. The lowest BCUT2D eigenvalue weighted by atomic mass is 9.45. The number of hydrogen-bond donors (Lipinski definition) is 0. The van der Waals surface area contributed by atoms with Gasteiger partial charge in [-0.1, -0.05) is 31.5 Å². The van der Waals surface area contributed by atoms with Crippen molar-refractivity contribution in [3.8, 4) is 5.75 Å². The molecule has 0 aromatic heterocycles. The summed E-state index contributed by atoms with van der Waals surface area (Å²) in [5.41, 5.74) is 2.02. The minimum atomic E-state index is 0.319. The molecule has 4 aliphatic carbocycles. The number of ether oxygens (including phenoxy) is 1. The maximum Gasteiger partial charge on any atom is 0.133 e. The molecular formula is C26H36O2. The van der Waals surface area contributed by atoms with Gasteiger partial charge in [0.1, 0.15) is 17.6 Å². The third-order valence-electron chi connectivity index (χ3n) is 9.69. The van der Waals surface area contributed by atoms with Gasteiger partial charge in [0, 0.05) is 18.3 Å². The molecule has 152 valence electrons. The summed E-state index contributed by atoms with van der Waals surface area (Å²) < 4.78 is 6.58. The van der Waals surface area contributed by atoms with Crippen LogP contribution in [0.3, 0.4) is 0 Å². The maximum absolute atomic E-state index is 12.1. The van der Waals surface area contributed by atoms with E-state index in [0.717, 1.165) is 42.8 Å². The third-order valence-corrected chi connectivity index (χ3v) is 9.69. The Labute approximate surface area is 170 Å². The molecule has 0 heterocycles. The zero-order chi connectivity index (χ0) is 19.5. The van der Waals surface area contributed by atoms with Gasteiger partial charge in [0.15, 0.2) is 0 Å². The molecule has 28 heavy (non-hydrogen) atoms. The van der Waals surface area contributed by atoms with E-state index in [0.29, 0.717) is 28.6 Å². The van der Waals surface area contributed by atoms with Crippen LogP contribution in [0.15, 0.2) is 24.3 Å². The predicted molar refractivity (Wildman–Crippen MR) is 112 cm³/mol. The summed E-state index contributed by atoms with van der Waals surface area (Å²) in [6.45, 7) is 7.20. The van der Waals surface area contributed by atoms with Gasteiger partial charge in [0.25, 0.3) is 0 Å². The van der Waals surface area contributed by atoms with Crippen molar-refractivity contribution in [2.24, 2.45) is 34.5 Å². The second kappa shape index (κ2) is 6.61. The van der Waals surface area contributed by atoms with Gasteiger partial charge in [-0.3, -0.25) is 4.79 Å². The van der Waals surface area contributed by atoms with Crippen molar-refractivity contribution in [3.63, 3.8) is 0 Å². The van der Waals surface area contributed by atoms with Crippen molar-refractivity contribution in [2.45, 2.75) is 84.7 Å². The first-order chi connectivity index (χ1) is 13.4. The standard InChI is InChI=1S/C26H36O2/c1-17-4-7-20(8-5-17)28-24-11-10-22-21-9-6-18-16-19(27)12-14-25(18,2)23(21)13-15-26(22,24)3/h4-5,7-8,18,21-24H,6,9-16H2,1-3H3/t18-,21?,22?,23?,24-,25-,26-/m0/s1. The Kier molecular flexibility index (Phi) is 4.41. The SMILES string of the molecule is Cc1ccc(O[C@H]2CCC3C4CC[C@H]5CC(=O)CC[C@]5(C)C4CC[C@@]32C)cc1. The fourth-order valence-electron chi connectivity index (χ4n) is 7.97. The molecule has 2 nitrogen and oxygen atoms in total. The molecule has 1 aromatic rings. The van der Waals surface area contributed by atoms with Crippen LogP contribution in [0.25, 0.3) is 0 Å². The topological polar surface area (TPSA) is 26.3 Å². The number of rotatable bonds is 2. The highest BCUT2D eigenvalue weighted by Crippen LogP contribution is 2.66. The average molecular weight is 381 g/mol. The normalized spacial score (nSPS) is 45.1. The van der Waals surface area contributed by atoms with Gasteiger partial charge in [0.05, 0.1) is 0 Å². The maximum atomic E-state index is 12.1. The first kappa shape index (κ1) is 18.7. The first-order valence-electron chi connectivity index (χ1n) is 11.7. The predicted octanol–water partition coefficient (Wildman–Crippen LogP) is 6.35. The summed E-state index contributed by atoms with van der Waals surface area (Å²) in [5, 5.41) is 0. The van der Waals surface area contributed by atoms with Gasteiger partial charge in [-0.25, -0.2) is 0 Å². The fourth-order valence-corrected chi connectivity index (χ4v) is 7.97. The average Bonchev–Trinajstić information content (AvgIpc) is 3.00. The van der Waals surface area contributed by atoms with E-state index in [1.165, 1.54) is 44.1 Å². The van der Waals surface area contributed by atoms with Crippen LogP contribution in [0, 0.1) is 41.4 Å². The van der Waals surface area contributed by atoms with Crippen LogP contribution in [0.2, 0.25) is 0 Å². The van der Waals surface area contributed by atoms with Crippen LogP contribution in [0.4, 0.5) is 0 Å². The molecule has 0 aliphatic heterocycles. The summed E-state index contributed by atoms with van der Waals surface area (Å²) in [7, 11) is 0. The van der Waals surface area contributed by atoms with Crippen molar-refractivity contribution < 1.29 is 9.53 Å². The third kappa shape index (κ3) is 2.77. The summed E-state index contributed by atoms with van der Waals surface area (Å²) in [5.74, 6) is 4.70. The van der Waals surface area contributed by atoms with E-state index in [4.69, 9.17) is 4.74 Å². The minimum Gasteiger partial charge on any atom is -0.490 e. The Balaban J connectivity index is 1.36. The molecule has 0 saturated heterocycles. The highest BCUT2D eigenvalue weighted by atomic mass is 16.5. The molecule has 3 unspecified atom stereocenters. The number of Topliss-reactive ketones (excluding diaryl/α,β-unsaturated/α-hetero) is 1. The summed E-state index contributed by atoms with van der Waals surface area (Å²) in [6.07, 6.45) is 11.0. The van der Waals surface area contributed by atoms with E-state index in [9.17, 15) is 4.79 Å². The largest absolute Gasteiger partial charge is 0.490 e. The summed E-state index contributed by atoms with van der Waals surface area (Å²) in [4.78, 5) is 12.1. The molecule has 2 heteroatoms. The van der Waals surface area contributed by atoms with Gasteiger partial charge in [-0.2, -0.15) is 0 Å². The van der Waals surface area contributed by atoms with Gasteiger partial charge in [0.2, 0.25) is 0 Å². The van der Waals surface area contributed by atoms with Crippen molar-refractivity contribution in [2.75, 3.05) is 0 Å². The molecule has 4 fully saturated rings. The number of benzene rings is 1. The van der Waals surface area contributed by atoms with E-state index in [1.807, 2.05) is 0 Å². The zero-order valence-electron chi connectivity index (χ0n) is 17.9. The number of fused-ring (bicyclic) bond motifs is 5. The van der Waals surface area contributed by atoms with Crippen LogP contribution < -0.4 is 4.74 Å². The van der Waals surface area contributed by atoms with Crippen molar-refractivity contribution >= 4 is 5.78 Å². The second-order valence-electron chi connectivity index (χ2n) is 10.9. The molecule has 4 aliphatic rings. The Hall–Kier alpha value is -1.31. The van der Waals surface area contributed by atoms with E-state index < -0.39 is 0 Å². The quantitative estimate of drug-likeness (QED) is 0.597. The van der Waals surface area contributed by atoms with Crippen molar-refractivity contribution in [3.05, 3.63) is 29.8 Å². The molecule has 0 radical (unpaired) electrons. The molecular weight excluding hydrogens is 344 g/mol. The number of hydrogen-bond acceptors (Lipinski definition) is 2. The first-order valence-corrected chi connectivity index (χ1v) is 11.7. The molecule has 0 bridgehead atoms. The molecule has 7 atom stereocenters. The van der Waals surface area contributed by atoms with E-state index in [1.54, 1.807) is 0 Å². The Morgan fingerprint density at radius 3 is 2.43 bits per heavy atom. The van der Waals surface area contributed by atoms with E-state index in [-0.39, 0.29) is 0 Å². The summed E-state index contributed by atoms with van der Waals surface area (Å²) in [6, 6.07) is 8.60. The number of carbonyl (C=O) groups is 1. The van der Waals surface area contributed by atoms with E-state index >= 15 is 0 Å². The molecule has 0 spiro atoms. The lowest BCUT2D eigenvalue weighted by Gasteiger charge is -2.60. The van der Waals surface area contributed by atoms with Crippen LogP contribution >= 0.6 is 0 Å². The molecule has 5 rings (SSSR count). The van der Waals surface area contributed by atoms with Crippen LogP contribution in [0.1, 0.15) is 77.2 Å². The van der Waals surface area contributed by atoms with Gasteiger partial charge < -0.3 is 4.74 Å².